The molecule has 0 aromatic heterocycles. The first-order valence-electron chi connectivity index (χ1n) is 4.59. The third-order valence-electron chi connectivity index (χ3n) is 2.33. The molecule has 0 heterocycles. The zero-order chi connectivity index (χ0) is 11.7. The Kier molecular flexibility index (Phi) is 3.17. The average molecular weight is 300 g/mol. The second kappa shape index (κ2) is 4.44. The molecule has 0 unspecified atom stereocenters. The summed E-state index contributed by atoms with van der Waals surface area (Å²) < 4.78 is 5.50. The molecule has 82 valence electrons. The van der Waals surface area contributed by atoms with E-state index in [2.05, 4.69) is 20.7 Å². The third-order valence-corrected chi connectivity index (χ3v) is 3.62. The van der Waals surface area contributed by atoms with E-state index in [4.69, 9.17) is 11.6 Å². The van der Waals surface area contributed by atoms with Gasteiger partial charge in [-0.2, -0.15) is 0 Å². The van der Waals surface area contributed by atoms with Crippen LogP contribution < -0.4 is 0 Å². The number of ether oxygens (including phenoxy) is 1. The van der Waals surface area contributed by atoms with Gasteiger partial charge < -0.3 is 4.74 Å². The number of fused-ring (bicyclic) bond motifs is 1. The van der Waals surface area contributed by atoms with Gasteiger partial charge in [0, 0.05) is 9.86 Å². The van der Waals surface area contributed by atoms with E-state index in [1.54, 1.807) is 12.1 Å². The Hall–Kier alpha value is -1.06. The maximum absolute atomic E-state index is 11.3. The maximum Gasteiger partial charge on any atom is 0.337 e. The van der Waals surface area contributed by atoms with Gasteiger partial charge in [0.1, 0.15) is 0 Å². The topological polar surface area (TPSA) is 26.3 Å². The van der Waals surface area contributed by atoms with Gasteiger partial charge in [0.25, 0.3) is 0 Å². The van der Waals surface area contributed by atoms with Gasteiger partial charge in [-0.1, -0.05) is 23.7 Å². The number of rotatable bonds is 1. The number of hydrogen-bond acceptors (Lipinski definition) is 2. The fourth-order valence-corrected chi connectivity index (χ4v) is 2.09. The Balaban J connectivity index is 2.65. The van der Waals surface area contributed by atoms with E-state index >= 15 is 0 Å². The number of carbonyl (C=O) groups excluding carboxylic acids is 1. The van der Waals surface area contributed by atoms with E-state index in [-0.39, 0.29) is 5.97 Å². The zero-order valence-corrected chi connectivity index (χ0v) is 10.8. The largest absolute Gasteiger partial charge is 0.465 e. The Morgan fingerprint density at radius 2 is 2.06 bits per heavy atom. The number of halogens is 2. The summed E-state index contributed by atoms with van der Waals surface area (Å²) in [4.78, 5) is 11.3. The molecular formula is C12H8BrClO2. The van der Waals surface area contributed by atoms with Crippen LogP contribution in [-0.2, 0) is 4.74 Å². The van der Waals surface area contributed by atoms with Gasteiger partial charge in [0.15, 0.2) is 0 Å². The molecule has 0 aliphatic carbocycles. The first-order chi connectivity index (χ1) is 7.63. The third kappa shape index (κ3) is 1.93. The molecule has 0 spiro atoms. The summed E-state index contributed by atoms with van der Waals surface area (Å²) in [5.74, 6) is -0.346. The predicted octanol–water partition coefficient (Wildman–Crippen LogP) is 4.04. The summed E-state index contributed by atoms with van der Waals surface area (Å²) >= 11 is 9.48. The number of carbonyl (C=O) groups is 1. The lowest BCUT2D eigenvalue weighted by Crippen LogP contribution is -2.00. The lowest BCUT2D eigenvalue weighted by molar-refractivity contribution is 0.0601. The van der Waals surface area contributed by atoms with Crippen LogP contribution in [0.2, 0.25) is 5.02 Å². The number of hydrogen-bond donors (Lipinski definition) is 0. The van der Waals surface area contributed by atoms with Crippen LogP contribution in [0.25, 0.3) is 10.8 Å². The van der Waals surface area contributed by atoms with Crippen molar-refractivity contribution in [2.75, 3.05) is 7.11 Å². The van der Waals surface area contributed by atoms with Gasteiger partial charge in [0.2, 0.25) is 0 Å². The smallest absolute Gasteiger partial charge is 0.337 e. The molecule has 4 heteroatoms. The Morgan fingerprint density at radius 3 is 2.75 bits per heavy atom. The van der Waals surface area contributed by atoms with Crippen molar-refractivity contribution < 1.29 is 9.53 Å². The van der Waals surface area contributed by atoms with E-state index in [1.807, 2.05) is 18.2 Å². The Labute approximate surface area is 106 Å². The van der Waals surface area contributed by atoms with Crippen molar-refractivity contribution in [3.8, 4) is 0 Å². The molecule has 0 amide bonds. The van der Waals surface area contributed by atoms with Crippen molar-refractivity contribution in [1.29, 1.82) is 0 Å². The number of esters is 1. The van der Waals surface area contributed by atoms with Crippen LogP contribution in [0.1, 0.15) is 10.4 Å². The molecule has 2 aromatic rings. The minimum atomic E-state index is -0.346. The van der Waals surface area contributed by atoms with Crippen LogP contribution in [0.4, 0.5) is 0 Å². The summed E-state index contributed by atoms with van der Waals surface area (Å²) in [6, 6.07) is 9.03. The Bertz CT molecular complexity index is 566. The SMILES string of the molecule is COC(=O)c1ccc2c(Cl)c(Br)ccc2c1. The molecular weight excluding hydrogens is 291 g/mol. The maximum atomic E-state index is 11.3. The molecule has 0 fully saturated rings. The molecule has 0 atom stereocenters. The highest BCUT2D eigenvalue weighted by Gasteiger charge is 2.08. The number of methoxy groups -OCH3 is 1. The van der Waals surface area contributed by atoms with E-state index in [9.17, 15) is 4.79 Å². The van der Waals surface area contributed by atoms with Crippen molar-refractivity contribution in [3.63, 3.8) is 0 Å². The monoisotopic (exact) mass is 298 g/mol. The van der Waals surface area contributed by atoms with Gasteiger partial charge in [-0.3, -0.25) is 0 Å². The van der Waals surface area contributed by atoms with Crippen molar-refractivity contribution in [3.05, 3.63) is 45.4 Å². The lowest BCUT2D eigenvalue weighted by atomic mass is 10.1. The zero-order valence-electron chi connectivity index (χ0n) is 8.46. The van der Waals surface area contributed by atoms with Crippen LogP contribution in [0.3, 0.4) is 0 Å². The summed E-state index contributed by atoms with van der Waals surface area (Å²) in [6.45, 7) is 0. The van der Waals surface area contributed by atoms with Crippen LogP contribution in [0.5, 0.6) is 0 Å². The van der Waals surface area contributed by atoms with Gasteiger partial charge >= 0.3 is 5.97 Å². The van der Waals surface area contributed by atoms with E-state index in [0.717, 1.165) is 15.2 Å². The van der Waals surface area contributed by atoms with E-state index in [1.165, 1.54) is 7.11 Å². The van der Waals surface area contributed by atoms with Crippen molar-refractivity contribution in [2.24, 2.45) is 0 Å². The van der Waals surface area contributed by atoms with E-state index < -0.39 is 0 Å². The number of benzene rings is 2. The highest BCUT2D eigenvalue weighted by Crippen LogP contribution is 2.31. The van der Waals surface area contributed by atoms with E-state index in [0.29, 0.717) is 10.6 Å². The standard InChI is InChI=1S/C12H8BrClO2/c1-16-12(15)8-2-4-9-7(6-8)3-5-10(13)11(9)14/h2-6H,1H3. The fraction of sp³-hybridized carbons (Fsp3) is 0.0833. The molecule has 0 saturated heterocycles. The molecule has 2 aromatic carbocycles. The molecule has 16 heavy (non-hydrogen) atoms. The highest BCUT2D eigenvalue weighted by molar-refractivity contribution is 9.10. The normalized spacial score (nSPS) is 10.4. The fourth-order valence-electron chi connectivity index (χ4n) is 1.51. The molecule has 0 bridgehead atoms. The minimum Gasteiger partial charge on any atom is -0.465 e. The van der Waals surface area contributed by atoms with Gasteiger partial charge in [-0.25, -0.2) is 4.79 Å². The second-order valence-corrected chi connectivity index (χ2v) is 4.52. The molecule has 0 N–H and O–H groups in total. The second-order valence-electron chi connectivity index (χ2n) is 3.29. The highest BCUT2D eigenvalue weighted by atomic mass is 79.9. The van der Waals surface area contributed by atoms with Gasteiger partial charge in [-0.15, -0.1) is 0 Å². The molecule has 0 aliphatic heterocycles. The van der Waals surface area contributed by atoms with Crippen LogP contribution >= 0.6 is 27.5 Å². The predicted molar refractivity (Wildman–Crippen MR) is 68.0 cm³/mol. The van der Waals surface area contributed by atoms with Gasteiger partial charge in [-0.05, 0) is 39.5 Å². The van der Waals surface area contributed by atoms with Gasteiger partial charge in [0.05, 0.1) is 17.7 Å². The van der Waals surface area contributed by atoms with Crippen molar-refractivity contribution in [2.45, 2.75) is 0 Å². The van der Waals surface area contributed by atoms with Crippen LogP contribution in [0, 0.1) is 0 Å². The summed E-state index contributed by atoms with van der Waals surface area (Å²) in [6.07, 6.45) is 0. The molecule has 2 rings (SSSR count). The summed E-state index contributed by atoms with van der Waals surface area (Å²) in [7, 11) is 1.36. The molecule has 0 aliphatic rings. The van der Waals surface area contributed by atoms with Crippen LogP contribution in [0.15, 0.2) is 34.8 Å². The first-order valence-corrected chi connectivity index (χ1v) is 5.76. The van der Waals surface area contributed by atoms with Crippen molar-refractivity contribution in [1.82, 2.24) is 0 Å². The van der Waals surface area contributed by atoms with Crippen molar-refractivity contribution >= 4 is 44.3 Å². The minimum absolute atomic E-state index is 0.346. The molecule has 0 saturated carbocycles. The summed E-state index contributed by atoms with van der Waals surface area (Å²) in [5.41, 5.74) is 0.522. The summed E-state index contributed by atoms with van der Waals surface area (Å²) in [5, 5.41) is 2.47. The molecule has 2 nitrogen and oxygen atoms in total. The quantitative estimate of drug-likeness (QED) is 0.743. The lowest BCUT2D eigenvalue weighted by Gasteiger charge is -2.05. The first kappa shape index (κ1) is 11.4. The Morgan fingerprint density at radius 1 is 1.31 bits per heavy atom. The average Bonchev–Trinajstić information content (AvgIpc) is 2.32. The molecule has 0 radical (unpaired) electrons. The van der Waals surface area contributed by atoms with Crippen LogP contribution in [-0.4, -0.2) is 13.1 Å².